The largest absolute Gasteiger partial charge is 0.298 e. The second-order valence-corrected chi connectivity index (χ2v) is 6.59. The lowest BCUT2D eigenvalue weighted by molar-refractivity contribution is 0.102. The molecule has 0 fully saturated rings. The van der Waals surface area contributed by atoms with Crippen molar-refractivity contribution in [3.63, 3.8) is 0 Å². The molecule has 0 aliphatic heterocycles. The van der Waals surface area contributed by atoms with Crippen molar-refractivity contribution >= 4 is 34.1 Å². The summed E-state index contributed by atoms with van der Waals surface area (Å²) in [7, 11) is 0. The fourth-order valence-corrected chi connectivity index (χ4v) is 3.31. The number of rotatable bonds is 5. The van der Waals surface area contributed by atoms with Crippen LogP contribution in [0.1, 0.15) is 15.9 Å². The number of nitrogens with one attached hydrogen (secondary N) is 1. The minimum atomic E-state index is -0.146. The number of pyridine rings is 1. The number of hydrogen-bond donors (Lipinski definition) is 1. The third kappa shape index (κ3) is 3.97. The van der Waals surface area contributed by atoms with Crippen LogP contribution in [0.4, 0.5) is 5.13 Å². The lowest BCUT2D eigenvalue weighted by Gasteiger charge is -2.03. The Balaban J connectivity index is 1.69. The van der Waals surface area contributed by atoms with Crippen LogP contribution in [-0.2, 0) is 5.75 Å². The molecule has 1 aromatic carbocycles. The number of anilines is 1. The highest BCUT2D eigenvalue weighted by Crippen LogP contribution is 2.24. The molecule has 4 nitrogen and oxygen atoms in total. The van der Waals surface area contributed by atoms with Crippen LogP contribution < -0.4 is 5.32 Å². The van der Waals surface area contributed by atoms with E-state index in [-0.39, 0.29) is 5.91 Å². The Morgan fingerprint density at radius 1 is 1.26 bits per heavy atom. The summed E-state index contributed by atoms with van der Waals surface area (Å²) in [6.07, 6.45) is 5.54. The first-order valence-corrected chi connectivity index (χ1v) is 9.29. The molecule has 0 spiro atoms. The number of thioether (sulfide) groups is 1. The van der Waals surface area contributed by atoms with E-state index in [4.69, 9.17) is 0 Å². The first-order valence-electron chi connectivity index (χ1n) is 7.01. The summed E-state index contributed by atoms with van der Waals surface area (Å²) in [6.45, 7) is 0. The first-order chi connectivity index (χ1) is 11.3. The van der Waals surface area contributed by atoms with Gasteiger partial charge in [0.25, 0.3) is 5.91 Å². The predicted molar refractivity (Wildman–Crippen MR) is 97.0 cm³/mol. The summed E-state index contributed by atoms with van der Waals surface area (Å²) in [5.41, 5.74) is 3.59. The molecule has 2 heterocycles. The van der Waals surface area contributed by atoms with Crippen LogP contribution >= 0.6 is 23.1 Å². The second-order valence-electron chi connectivity index (χ2n) is 4.86. The van der Waals surface area contributed by atoms with E-state index in [1.807, 2.05) is 41.8 Å². The number of aromatic nitrogens is 2. The lowest BCUT2D eigenvalue weighted by atomic mass is 10.1. The standard InChI is InChI=1S/C17H15N3OS2/c1-22-10-12-4-6-13(7-5-12)16(21)20-17-19-15(11-23-17)14-3-2-8-18-9-14/h2-9,11H,10H2,1H3,(H,19,20,21). The van der Waals surface area contributed by atoms with Crippen molar-refractivity contribution < 1.29 is 4.79 Å². The number of benzene rings is 1. The number of carbonyl (C=O) groups is 1. The normalized spacial score (nSPS) is 10.5. The molecule has 3 rings (SSSR count). The van der Waals surface area contributed by atoms with Crippen LogP contribution in [-0.4, -0.2) is 22.1 Å². The van der Waals surface area contributed by atoms with E-state index in [1.165, 1.54) is 16.9 Å². The highest BCUT2D eigenvalue weighted by atomic mass is 32.2. The van der Waals surface area contributed by atoms with Gasteiger partial charge in [-0.2, -0.15) is 11.8 Å². The van der Waals surface area contributed by atoms with Crippen molar-refractivity contribution in [2.24, 2.45) is 0 Å². The summed E-state index contributed by atoms with van der Waals surface area (Å²) in [6, 6.07) is 11.5. The zero-order chi connectivity index (χ0) is 16.1. The van der Waals surface area contributed by atoms with Crippen molar-refractivity contribution in [2.75, 3.05) is 11.6 Å². The molecule has 0 atom stereocenters. The zero-order valence-electron chi connectivity index (χ0n) is 12.5. The molecular weight excluding hydrogens is 326 g/mol. The van der Waals surface area contributed by atoms with E-state index < -0.39 is 0 Å². The average Bonchev–Trinajstić information content (AvgIpc) is 3.05. The van der Waals surface area contributed by atoms with Crippen molar-refractivity contribution in [1.29, 1.82) is 0 Å². The van der Waals surface area contributed by atoms with Gasteiger partial charge in [-0.3, -0.25) is 15.1 Å². The maximum absolute atomic E-state index is 12.3. The number of thiazole rings is 1. The van der Waals surface area contributed by atoms with Crippen LogP contribution in [0, 0.1) is 0 Å². The third-order valence-electron chi connectivity index (χ3n) is 3.21. The van der Waals surface area contributed by atoms with Gasteiger partial charge in [0.2, 0.25) is 0 Å². The van der Waals surface area contributed by atoms with Crippen molar-refractivity contribution in [1.82, 2.24) is 9.97 Å². The molecule has 1 amide bonds. The van der Waals surface area contributed by atoms with Crippen molar-refractivity contribution in [3.05, 3.63) is 65.3 Å². The zero-order valence-corrected chi connectivity index (χ0v) is 14.2. The number of amides is 1. The van der Waals surface area contributed by atoms with Crippen molar-refractivity contribution in [3.8, 4) is 11.3 Å². The van der Waals surface area contributed by atoms with Crippen LogP contribution in [0.5, 0.6) is 0 Å². The fraction of sp³-hybridized carbons (Fsp3) is 0.118. The van der Waals surface area contributed by atoms with E-state index in [1.54, 1.807) is 24.2 Å². The van der Waals surface area contributed by atoms with Gasteiger partial charge in [0.15, 0.2) is 5.13 Å². The van der Waals surface area contributed by atoms with Gasteiger partial charge in [-0.25, -0.2) is 4.98 Å². The maximum Gasteiger partial charge on any atom is 0.257 e. The number of nitrogens with zero attached hydrogens (tertiary/aromatic N) is 2. The molecule has 0 aliphatic carbocycles. The van der Waals surface area contributed by atoms with E-state index in [2.05, 4.69) is 21.5 Å². The highest BCUT2D eigenvalue weighted by molar-refractivity contribution is 7.97. The Kier molecular flexibility index (Phi) is 5.05. The summed E-state index contributed by atoms with van der Waals surface area (Å²) < 4.78 is 0. The summed E-state index contributed by atoms with van der Waals surface area (Å²) >= 11 is 3.16. The molecule has 0 radical (unpaired) electrons. The fourth-order valence-electron chi connectivity index (χ4n) is 2.07. The van der Waals surface area contributed by atoms with Gasteiger partial charge in [0.1, 0.15) is 0 Å². The topological polar surface area (TPSA) is 54.9 Å². The van der Waals surface area contributed by atoms with E-state index in [0.717, 1.165) is 17.0 Å². The maximum atomic E-state index is 12.3. The Morgan fingerprint density at radius 3 is 2.78 bits per heavy atom. The molecule has 6 heteroatoms. The molecule has 0 saturated heterocycles. The van der Waals surface area contributed by atoms with E-state index >= 15 is 0 Å². The van der Waals surface area contributed by atoms with Crippen LogP contribution in [0.3, 0.4) is 0 Å². The molecule has 0 aliphatic rings. The van der Waals surface area contributed by atoms with Gasteiger partial charge in [-0.05, 0) is 36.1 Å². The van der Waals surface area contributed by atoms with Gasteiger partial charge in [-0.15, -0.1) is 11.3 Å². The number of hydrogen-bond acceptors (Lipinski definition) is 5. The van der Waals surface area contributed by atoms with Gasteiger partial charge >= 0.3 is 0 Å². The van der Waals surface area contributed by atoms with E-state index in [9.17, 15) is 4.79 Å². The molecule has 1 N–H and O–H groups in total. The average molecular weight is 341 g/mol. The molecule has 0 bridgehead atoms. The summed E-state index contributed by atoms with van der Waals surface area (Å²) in [5.74, 6) is 0.802. The minimum Gasteiger partial charge on any atom is -0.298 e. The van der Waals surface area contributed by atoms with Gasteiger partial charge in [0.05, 0.1) is 5.69 Å². The second kappa shape index (κ2) is 7.39. The Bertz CT molecular complexity index is 785. The Morgan fingerprint density at radius 2 is 2.09 bits per heavy atom. The Hall–Kier alpha value is -2.18. The minimum absolute atomic E-state index is 0.146. The van der Waals surface area contributed by atoms with Crippen LogP contribution in [0.2, 0.25) is 0 Å². The summed E-state index contributed by atoms with van der Waals surface area (Å²) in [5, 5.41) is 5.34. The molecule has 0 unspecified atom stereocenters. The van der Waals surface area contributed by atoms with Gasteiger partial charge < -0.3 is 0 Å². The van der Waals surface area contributed by atoms with Crippen molar-refractivity contribution in [2.45, 2.75) is 5.75 Å². The first kappa shape index (κ1) is 15.7. The molecule has 3 aromatic rings. The van der Waals surface area contributed by atoms with Crippen LogP contribution in [0.15, 0.2) is 54.2 Å². The third-order valence-corrected chi connectivity index (χ3v) is 4.59. The number of carbonyl (C=O) groups excluding carboxylic acids is 1. The quantitative estimate of drug-likeness (QED) is 0.751. The van der Waals surface area contributed by atoms with Gasteiger partial charge in [-0.1, -0.05) is 12.1 Å². The molecule has 116 valence electrons. The van der Waals surface area contributed by atoms with Crippen LogP contribution in [0.25, 0.3) is 11.3 Å². The molecular formula is C17H15N3OS2. The smallest absolute Gasteiger partial charge is 0.257 e. The molecule has 23 heavy (non-hydrogen) atoms. The SMILES string of the molecule is CSCc1ccc(C(=O)Nc2nc(-c3cccnc3)cs2)cc1. The van der Waals surface area contributed by atoms with E-state index in [0.29, 0.717) is 10.7 Å². The predicted octanol–water partition coefficient (Wildman–Crippen LogP) is 4.32. The molecule has 0 saturated carbocycles. The highest BCUT2D eigenvalue weighted by Gasteiger charge is 2.10. The summed E-state index contributed by atoms with van der Waals surface area (Å²) in [4.78, 5) is 20.8. The lowest BCUT2D eigenvalue weighted by Crippen LogP contribution is -2.11. The molecule has 2 aromatic heterocycles. The monoisotopic (exact) mass is 341 g/mol. The Labute approximate surface area is 143 Å². The van der Waals surface area contributed by atoms with Gasteiger partial charge in [0, 0.05) is 34.7 Å².